The van der Waals surface area contributed by atoms with E-state index in [1.807, 2.05) is 0 Å². The van der Waals surface area contributed by atoms with Crippen LogP contribution >= 0.6 is 11.3 Å². The number of anilines is 1. The van der Waals surface area contributed by atoms with Gasteiger partial charge in [0.25, 0.3) is 5.91 Å². The molecule has 0 saturated heterocycles. The van der Waals surface area contributed by atoms with Crippen LogP contribution in [0.25, 0.3) is 11.3 Å². The third-order valence-corrected chi connectivity index (χ3v) is 8.54. The highest BCUT2D eigenvalue weighted by atomic mass is 32.2. The maximum atomic E-state index is 13.6. The van der Waals surface area contributed by atoms with Gasteiger partial charge < -0.3 is 25.3 Å². The van der Waals surface area contributed by atoms with Gasteiger partial charge in [0, 0.05) is 12.0 Å². The number of nitrogens with one attached hydrogen (secondary N) is 1. The largest absolute Gasteiger partial charge is 0.493 e. The van der Waals surface area contributed by atoms with Gasteiger partial charge in [-0.05, 0) is 43.2 Å². The first-order chi connectivity index (χ1) is 19.6. The number of rotatable bonds is 11. The van der Waals surface area contributed by atoms with E-state index in [9.17, 15) is 36.0 Å². The van der Waals surface area contributed by atoms with Gasteiger partial charge in [0.05, 0.1) is 38.3 Å². The molecule has 3 aromatic rings. The Morgan fingerprint density at radius 3 is 2.29 bits per heavy atom. The van der Waals surface area contributed by atoms with Crippen LogP contribution in [0.1, 0.15) is 44.1 Å². The van der Waals surface area contributed by atoms with Crippen LogP contribution < -0.4 is 20.5 Å². The van der Waals surface area contributed by atoms with E-state index in [4.69, 9.17) is 15.2 Å². The molecule has 0 aliphatic carbocycles. The molecule has 2 aromatic heterocycles. The van der Waals surface area contributed by atoms with Crippen LogP contribution in [0, 0.1) is 6.92 Å². The third-order valence-electron chi connectivity index (χ3n) is 5.79. The van der Waals surface area contributed by atoms with Crippen molar-refractivity contribution in [2.24, 2.45) is 5.73 Å². The predicted molar refractivity (Wildman–Crippen MR) is 144 cm³/mol. The molecule has 2 amide bonds. The second kappa shape index (κ2) is 12.7. The van der Waals surface area contributed by atoms with Gasteiger partial charge in [0.15, 0.2) is 11.5 Å². The predicted octanol–water partition coefficient (Wildman–Crippen LogP) is 3.63. The lowest BCUT2D eigenvalue weighted by molar-refractivity contribution is -0.141. The van der Waals surface area contributed by atoms with E-state index in [0.29, 0.717) is 11.8 Å². The fraction of sp³-hybridized carbons (Fsp3) is 0.320. The highest BCUT2D eigenvalue weighted by molar-refractivity contribution is 7.91. The van der Waals surface area contributed by atoms with E-state index in [0.717, 1.165) is 18.4 Å². The Labute approximate surface area is 241 Å². The number of amides is 2. The fourth-order valence-electron chi connectivity index (χ4n) is 3.74. The van der Waals surface area contributed by atoms with Crippen LogP contribution in [0.5, 0.6) is 11.5 Å². The summed E-state index contributed by atoms with van der Waals surface area (Å²) in [6, 6.07) is 4.74. The third kappa shape index (κ3) is 7.14. The number of esters is 1. The summed E-state index contributed by atoms with van der Waals surface area (Å²) in [6.07, 6.45) is -5.73. The molecule has 0 aliphatic heterocycles. The quantitative estimate of drug-likeness (QED) is 0.235. The minimum atomic E-state index is -4.99. The lowest BCUT2D eigenvalue weighted by atomic mass is 10.1. The molecule has 2 heterocycles. The molecule has 3 rings (SSSR count). The molecule has 0 saturated carbocycles. The summed E-state index contributed by atoms with van der Waals surface area (Å²) in [5, 5.41) is 1.30. The Hall–Kier alpha value is -4.25. The topological polar surface area (TPSA) is 177 Å². The monoisotopic (exact) mass is 630 g/mol. The van der Waals surface area contributed by atoms with E-state index in [1.54, 1.807) is 0 Å². The molecule has 3 N–H and O–H groups in total. The van der Waals surface area contributed by atoms with Gasteiger partial charge in [0.2, 0.25) is 20.9 Å². The number of carbonyl (C=O) groups is 3. The summed E-state index contributed by atoms with van der Waals surface area (Å²) < 4.78 is 81.8. The van der Waals surface area contributed by atoms with Crippen molar-refractivity contribution in [3.05, 3.63) is 46.0 Å². The number of carbonyl (C=O) groups excluding carboxylic acids is 3. The second-order valence-corrected chi connectivity index (χ2v) is 11.6. The molecule has 42 heavy (non-hydrogen) atoms. The Kier molecular flexibility index (Phi) is 9.78. The zero-order valence-corrected chi connectivity index (χ0v) is 24.3. The van der Waals surface area contributed by atoms with E-state index < -0.39 is 56.8 Å². The Bertz CT molecular complexity index is 1640. The maximum absolute atomic E-state index is 13.6. The molecule has 0 spiro atoms. The van der Waals surface area contributed by atoms with Crippen LogP contribution in [0.4, 0.5) is 18.2 Å². The van der Waals surface area contributed by atoms with Gasteiger partial charge in [-0.3, -0.25) is 9.59 Å². The molecule has 0 aliphatic rings. The first kappa shape index (κ1) is 32.3. The van der Waals surface area contributed by atoms with Crippen molar-refractivity contribution < 1.29 is 50.2 Å². The van der Waals surface area contributed by atoms with E-state index in [-0.39, 0.29) is 44.4 Å². The van der Waals surface area contributed by atoms with Gasteiger partial charge >= 0.3 is 12.1 Å². The van der Waals surface area contributed by atoms with Crippen LogP contribution in [0.3, 0.4) is 0 Å². The van der Waals surface area contributed by atoms with Crippen molar-refractivity contribution in [3.8, 4) is 22.8 Å². The van der Waals surface area contributed by atoms with Crippen molar-refractivity contribution in [2.75, 3.05) is 32.4 Å². The van der Waals surface area contributed by atoms with Crippen LogP contribution in [-0.2, 0) is 25.5 Å². The van der Waals surface area contributed by atoms with Gasteiger partial charge in [-0.1, -0.05) is 0 Å². The molecule has 1 aromatic carbocycles. The van der Waals surface area contributed by atoms with Crippen LogP contribution in [0.2, 0.25) is 0 Å². The van der Waals surface area contributed by atoms with Crippen LogP contribution in [0.15, 0.2) is 29.4 Å². The zero-order valence-electron chi connectivity index (χ0n) is 22.6. The molecular weight excluding hydrogens is 605 g/mol. The first-order valence-corrected chi connectivity index (χ1v) is 14.3. The molecule has 17 heteroatoms. The molecule has 0 bridgehead atoms. The minimum absolute atomic E-state index is 0.0333. The van der Waals surface area contributed by atoms with Gasteiger partial charge in [-0.15, -0.1) is 11.3 Å². The maximum Gasteiger partial charge on any atom is 0.433 e. The number of halogens is 3. The van der Waals surface area contributed by atoms with Gasteiger partial charge in [0.1, 0.15) is 15.6 Å². The van der Waals surface area contributed by atoms with Crippen molar-refractivity contribution in [3.63, 3.8) is 0 Å². The van der Waals surface area contributed by atoms with Gasteiger partial charge in [-0.2, -0.15) is 13.2 Å². The number of hydrogen-bond donors (Lipinski definition) is 2. The van der Waals surface area contributed by atoms with Crippen molar-refractivity contribution >= 4 is 44.0 Å². The highest BCUT2D eigenvalue weighted by Crippen LogP contribution is 2.36. The summed E-state index contributed by atoms with van der Waals surface area (Å²) in [6.45, 7) is 1.44. The summed E-state index contributed by atoms with van der Waals surface area (Å²) >= 11 is 0.751. The summed E-state index contributed by atoms with van der Waals surface area (Å²) in [7, 11) is -0.678. The number of primary amides is 1. The summed E-state index contributed by atoms with van der Waals surface area (Å²) in [5.41, 5.74) is 3.76. The molecule has 226 valence electrons. The SMILES string of the molecule is COC(=O)c1sc(NC(=O)CCCS(=O)(=O)c2nc(-c3ccc(OC)c(OC)c3)cc(C(F)(F)F)n2)c(C(N)=O)c1C. The number of sulfone groups is 1. The number of thiophene rings is 1. The van der Waals surface area contributed by atoms with Gasteiger partial charge in [-0.25, -0.2) is 23.2 Å². The highest BCUT2D eigenvalue weighted by Gasteiger charge is 2.35. The first-order valence-electron chi connectivity index (χ1n) is 11.9. The average Bonchev–Trinajstić information content (AvgIpc) is 3.26. The number of nitrogens with zero attached hydrogens (tertiary/aromatic N) is 2. The molecular formula is C25H25F3N4O8S2. The number of nitrogens with two attached hydrogens (primary N) is 1. The number of hydrogen-bond acceptors (Lipinski definition) is 11. The zero-order chi connectivity index (χ0) is 31.4. The minimum Gasteiger partial charge on any atom is -0.493 e. The molecule has 0 atom stereocenters. The molecule has 0 radical (unpaired) electrons. The Morgan fingerprint density at radius 1 is 1.05 bits per heavy atom. The second-order valence-electron chi connectivity index (χ2n) is 8.58. The van der Waals surface area contributed by atoms with E-state index in [1.165, 1.54) is 39.3 Å². The van der Waals surface area contributed by atoms with Crippen molar-refractivity contribution in [1.29, 1.82) is 0 Å². The van der Waals surface area contributed by atoms with E-state index >= 15 is 0 Å². The van der Waals surface area contributed by atoms with E-state index in [2.05, 4.69) is 20.0 Å². The summed E-state index contributed by atoms with van der Waals surface area (Å²) in [5.74, 6) is -2.70. The van der Waals surface area contributed by atoms with Crippen molar-refractivity contribution in [1.82, 2.24) is 9.97 Å². The number of ether oxygens (including phenoxy) is 3. The molecule has 12 nitrogen and oxygen atoms in total. The van der Waals surface area contributed by atoms with Crippen LogP contribution in [-0.4, -0.2) is 63.3 Å². The number of aromatic nitrogens is 2. The fourth-order valence-corrected chi connectivity index (χ4v) is 6.07. The lowest BCUT2D eigenvalue weighted by Gasteiger charge is -2.13. The normalized spacial score (nSPS) is 11.6. The summed E-state index contributed by atoms with van der Waals surface area (Å²) in [4.78, 5) is 43.5. The molecule has 0 fully saturated rings. The number of alkyl halides is 3. The molecule has 0 unspecified atom stereocenters. The Morgan fingerprint density at radius 2 is 1.71 bits per heavy atom. The standard InChI is InChI=1S/C25H25F3N4O8S2/c1-12-19(21(29)34)22(41-20(12)23(35)40-4)32-18(33)6-5-9-42(36,37)24-30-14(11-17(31-24)25(26,27)28)13-7-8-15(38-2)16(10-13)39-3/h7-8,10-11H,5-6,9H2,1-4H3,(H2,29,34)(H,32,33). The number of benzene rings is 1. The average molecular weight is 631 g/mol. The number of methoxy groups -OCH3 is 3. The Balaban J connectivity index is 1.83. The smallest absolute Gasteiger partial charge is 0.433 e. The van der Waals surface area contributed by atoms with Crippen molar-refractivity contribution in [2.45, 2.75) is 31.1 Å². The lowest BCUT2D eigenvalue weighted by Crippen LogP contribution is -2.19.